The van der Waals surface area contributed by atoms with Gasteiger partial charge >= 0.3 is 0 Å². The van der Waals surface area contributed by atoms with Gasteiger partial charge in [-0.25, -0.2) is 0 Å². The minimum Gasteiger partial charge on any atom is -0.495 e. The van der Waals surface area contributed by atoms with Gasteiger partial charge in [-0.2, -0.15) is 0 Å². The van der Waals surface area contributed by atoms with E-state index in [4.69, 9.17) is 4.74 Å². The topological polar surface area (TPSA) is 93.5 Å². The number of carbonyl (C=O) groups excluding carboxylic acids is 1. The first-order valence-corrected chi connectivity index (χ1v) is 9.18. The highest BCUT2D eigenvalue weighted by molar-refractivity contribution is 7.98. The minimum absolute atomic E-state index is 0.0759. The molecule has 1 unspecified atom stereocenters. The number of hydrogen-bond acceptors (Lipinski definition) is 6. The van der Waals surface area contributed by atoms with Crippen molar-refractivity contribution in [2.75, 3.05) is 33.0 Å². The van der Waals surface area contributed by atoms with Crippen LogP contribution in [-0.4, -0.2) is 43.8 Å². The molecule has 1 aromatic carbocycles. The molecule has 132 valence electrons. The molecule has 1 amide bonds. The molecule has 1 atom stereocenters. The molecule has 1 fully saturated rings. The molecule has 24 heavy (non-hydrogen) atoms. The second-order valence-corrected chi connectivity index (χ2v) is 6.59. The zero-order valence-corrected chi connectivity index (χ0v) is 14.8. The number of amides is 1. The Morgan fingerprint density at radius 1 is 1.54 bits per heavy atom. The number of methoxy groups -OCH3 is 1. The fourth-order valence-electron chi connectivity index (χ4n) is 2.86. The molecule has 1 heterocycles. The van der Waals surface area contributed by atoms with Gasteiger partial charge in [0.05, 0.1) is 23.0 Å². The Morgan fingerprint density at radius 3 is 2.92 bits per heavy atom. The van der Waals surface area contributed by atoms with Gasteiger partial charge in [0.25, 0.3) is 11.6 Å². The maximum absolute atomic E-state index is 12.4. The van der Waals surface area contributed by atoms with Crippen LogP contribution in [0.5, 0.6) is 5.75 Å². The summed E-state index contributed by atoms with van der Waals surface area (Å²) < 4.78 is 5.16. The monoisotopic (exact) mass is 353 g/mol. The van der Waals surface area contributed by atoms with Crippen molar-refractivity contribution >= 4 is 23.4 Å². The first-order valence-electron chi connectivity index (χ1n) is 7.96. The zero-order chi connectivity index (χ0) is 17.5. The molecule has 0 aliphatic carbocycles. The Bertz CT molecular complexity index is 603. The number of hydrogen-bond donors (Lipinski definition) is 2. The number of thioether (sulfide) groups is 1. The molecule has 1 aliphatic rings. The maximum Gasteiger partial charge on any atom is 0.285 e. The number of carbonyl (C=O) groups is 1. The maximum atomic E-state index is 12.4. The summed E-state index contributed by atoms with van der Waals surface area (Å²) in [6, 6.07) is 2.84. The van der Waals surface area contributed by atoms with Gasteiger partial charge in [0.1, 0.15) is 11.3 Å². The van der Waals surface area contributed by atoms with Crippen LogP contribution in [0.2, 0.25) is 0 Å². The lowest BCUT2D eigenvalue weighted by atomic mass is 9.96. The average Bonchev–Trinajstić information content (AvgIpc) is 2.61. The van der Waals surface area contributed by atoms with E-state index in [1.165, 1.54) is 31.0 Å². The summed E-state index contributed by atoms with van der Waals surface area (Å²) in [5.41, 5.74) is -0.159. The van der Waals surface area contributed by atoms with Gasteiger partial charge in [0.15, 0.2) is 0 Å². The molecule has 8 heteroatoms. The Kier molecular flexibility index (Phi) is 6.86. The van der Waals surface area contributed by atoms with E-state index in [1.807, 2.05) is 6.26 Å². The van der Waals surface area contributed by atoms with Gasteiger partial charge in [0.2, 0.25) is 0 Å². The SMILES string of the molecule is COc1cc([N+](=O)[O-])c(C(=O)NCCC2CCCNC2)cc1SC. The Labute approximate surface area is 145 Å². The lowest BCUT2D eigenvalue weighted by Gasteiger charge is -2.22. The summed E-state index contributed by atoms with van der Waals surface area (Å²) >= 11 is 1.38. The van der Waals surface area contributed by atoms with Crippen molar-refractivity contribution in [3.63, 3.8) is 0 Å². The van der Waals surface area contributed by atoms with Crippen LogP contribution in [0.4, 0.5) is 5.69 Å². The van der Waals surface area contributed by atoms with Gasteiger partial charge in [-0.05, 0) is 50.6 Å². The predicted octanol–water partition coefficient (Wildman–Crippen LogP) is 2.44. The lowest BCUT2D eigenvalue weighted by Crippen LogP contribution is -2.33. The summed E-state index contributed by atoms with van der Waals surface area (Å²) in [7, 11) is 1.46. The Morgan fingerprint density at radius 2 is 2.33 bits per heavy atom. The van der Waals surface area contributed by atoms with Crippen LogP contribution in [0.15, 0.2) is 17.0 Å². The Hall–Kier alpha value is -1.80. The van der Waals surface area contributed by atoms with Crippen molar-refractivity contribution in [3.8, 4) is 5.75 Å². The largest absolute Gasteiger partial charge is 0.495 e. The van der Waals surface area contributed by atoms with E-state index in [2.05, 4.69) is 10.6 Å². The van der Waals surface area contributed by atoms with Crippen LogP contribution in [0.1, 0.15) is 29.6 Å². The number of rotatable bonds is 7. The van der Waals surface area contributed by atoms with Crippen LogP contribution in [0.25, 0.3) is 0 Å². The van der Waals surface area contributed by atoms with E-state index in [-0.39, 0.29) is 11.3 Å². The summed E-state index contributed by atoms with van der Waals surface area (Å²) in [5.74, 6) is 0.536. The summed E-state index contributed by atoms with van der Waals surface area (Å²) in [4.78, 5) is 23.8. The second kappa shape index (κ2) is 8.89. The average molecular weight is 353 g/mol. The van der Waals surface area contributed by atoms with Crippen molar-refractivity contribution in [1.29, 1.82) is 0 Å². The molecule has 1 aliphatic heterocycles. The molecular weight excluding hydrogens is 330 g/mol. The van der Waals surface area contributed by atoms with Crippen molar-refractivity contribution in [3.05, 3.63) is 27.8 Å². The molecule has 0 bridgehead atoms. The molecule has 0 spiro atoms. The number of nitrogens with zero attached hydrogens (tertiary/aromatic N) is 1. The fourth-order valence-corrected chi connectivity index (χ4v) is 3.44. The van der Waals surface area contributed by atoms with Crippen LogP contribution in [0.3, 0.4) is 0 Å². The van der Waals surface area contributed by atoms with E-state index in [9.17, 15) is 14.9 Å². The van der Waals surface area contributed by atoms with E-state index in [0.29, 0.717) is 23.1 Å². The molecule has 2 N–H and O–H groups in total. The standard InChI is InChI=1S/C16H23N3O4S/c1-23-14-9-13(19(21)22)12(8-15(14)24-2)16(20)18-7-5-11-4-3-6-17-10-11/h8-9,11,17H,3-7,10H2,1-2H3,(H,18,20). The predicted molar refractivity (Wildman–Crippen MR) is 94.0 cm³/mol. The third kappa shape index (κ3) is 4.61. The molecule has 1 aromatic rings. The van der Waals surface area contributed by atoms with Crippen LogP contribution < -0.4 is 15.4 Å². The molecule has 2 rings (SSSR count). The normalized spacial score (nSPS) is 17.3. The number of benzene rings is 1. The highest BCUT2D eigenvalue weighted by Crippen LogP contribution is 2.34. The van der Waals surface area contributed by atoms with E-state index >= 15 is 0 Å². The first-order chi connectivity index (χ1) is 11.6. The highest BCUT2D eigenvalue weighted by atomic mass is 32.2. The summed E-state index contributed by atoms with van der Waals surface area (Å²) in [6.45, 7) is 2.54. The van der Waals surface area contributed by atoms with Gasteiger partial charge < -0.3 is 15.4 Å². The van der Waals surface area contributed by atoms with E-state index < -0.39 is 10.8 Å². The number of ether oxygens (including phenoxy) is 1. The molecule has 7 nitrogen and oxygen atoms in total. The third-order valence-electron chi connectivity index (χ3n) is 4.18. The Balaban J connectivity index is 2.07. The molecule has 0 saturated carbocycles. The van der Waals surface area contributed by atoms with Crippen molar-refractivity contribution in [2.24, 2.45) is 5.92 Å². The van der Waals surface area contributed by atoms with E-state index in [1.54, 1.807) is 0 Å². The van der Waals surface area contributed by atoms with Crippen molar-refractivity contribution in [2.45, 2.75) is 24.2 Å². The zero-order valence-electron chi connectivity index (χ0n) is 14.0. The lowest BCUT2D eigenvalue weighted by molar-refractivity contribution is -0.385. The third-order valence-corrected chi connectivity index (χ3v) is 4.94. The first kappa shape index (κ1) is 18.5. The highest BCUT2D eigenvalue weighted by Gasteiger charge is 2.24. The number of piperidine rings is 1. The minimum atomic E-state index is -0.549. The molecular formula is C16H23N3O4S. The quantitative estimate of drug-likeness (QED) is 0.444. The van der Waals surface area contributed by atoms with Gasteiger partial charge in [0, 0.05) is 6.54 Å². The smallest absolute Gasteiger partial charge is 0.285 e. The van der Waals surface area contributed by atoms with Crippen molar-refractivity contribution in [1.82, 2.24) is 10.6 Å². The molecule has 0 aromatic heterocycles. The molecule has 0 radical (unpaired) electrons. The van der Waals surface area contributed by atoms with Crippen molar-refractivity contribution < 1.29 is 14.5 Å². The van der Waals surface area contributed by atoms with Crippen LogP contribution in [0, 0.1) is 16.0 Å². The summed E-state index contributed by atoms with van der Waals surface area (Å²) in [6.07, 6.45) is 5.02. The van der Waals surface area contributed by atoms with Crippen LogP contribution in [-0.2, 0) is 0 Å². The van der Waals surface area contributed by atoms with Crippen LogP contribution >= 0.6 is 11.8 Å². The van der Waals surface area contributed by atoms with Gasteiger partial charge in [-0.1, -0.05) is 0 Å². The van der Waals surface area contributed by atoms with E-state index in [0.717, 1.165) is 32.4 Å². The summed E-state index contributed by atoms with van der Waals surface area (Å²) in [5, 5.41) is 17.4. The van der Waals surface area contributed by atoms with Gasteiger partial charge in [-0.3, -0.25) is 14.9 Å². The fraction of sp³-hybridized carbons (Fsp3) is 0.562. The molecule has 1 saturated heterocycles. The number of nitrogens with one attached hydrogen (secondary N) is 2. The second-order valence-electron chi connectivity index (χ2n) is 5.74. The number of nitro groups is 1. The van der Waals surface area contributed by atoms with Gasteiger partial charge in [-0.15, -0.1) is 11.8 Å². The number of nitro benzene ring substituents is 1.